The molecule has 0 N–H and O–H groups in total. The molecule has 2 saturated carbocycles. The van der Waals surface area contributed by atoms with Crippen molar-refractivity contribution in [2.45, 2.75) is 48.5 Å². The van der Waals surface area contributed by atoms with Crippen LogP contribution in [-0.4, -0.2) is 10.00 Å². The molecule has 2 heteroatoms. The van der Waals surface area contributed by atoms with E-state index in [-0.39, 0.29) is 4.75 Å². The Labute approximate surface area is 72.2 Å². The monoisotopic (exact) mass is 167 g/mol. The zero-order valence-electron chi connectivity index (χ0n) is 6.68. The summed E-state index contributed by atoms with van der Waals surface area (Å²) < 4.78 is 0.0784. The topological polar surface area (TPSA) is 23.8 Å². The summed E-state index contributed by atoms with van der Waals surface area (Å²) in [6, 6.07) is 2.44. The lowest BCUT2D eigenvalue weighted by Gasteiger charge is -2.11. The second-order valence-electron chi connectivity index (χ2n) is 3.63. The average Bonchev–Trinajstić information content (AvgIpc) is 2.59. The molecule has 11 heavy (non-hydrogen) atoms. The maximum absolute atomic E-state index is 8.85. The van der Waals surface area contributed by atoms with Gasteiger partial charge in [-0.25, -0.2) is 0 Å². The van der Waals surface area contributed by atoms with Gasteiger partial charge in [-0.3, -0.25) is 0 Å². The van der Waals surface area contributed by atoms with Crippen LogP contribution in [0.1, 0.15) is 38.5 Å². The Hall–Kier alpha value is -0.160. The summed E-state index contributed by atoms with van der Waals surface area (Å²) >= 11 is 1.96. The largest absolute Gasteiger partial charge is 0.197 e. The van der Waals surface area contributed by atoms with Crippen LogP contribution in [0.15, 0.2) is 0 Å². The second kappa shape index (κ2) is 2.71. The molecular formula is C9H13NS. The van der Waals surface area contributed by atoms with E-state index in [1.54, 1.807) is 0 Å². The van der Waals surface area contributed by atoms with E-state index in [1.807, 2.05) is 11.8 Å². The SMILES string of the molecule is N#CC1(SC2CCCC2)CC1. The van der Waals surface area contributed by atoms with Crippen molar-refractivity contribution in [3.05, 3.63) is 0 Å². The Kier molecular flexibility index (Phi) is 1.85. The molecule has 0 aromatic rings. The first-order valence-electron chi connectivity index (χ1n) is 4.44. The number of thioether (sulfide) groups is 1. The maximum atomic E-state index is 8.85. The third-order valence-corrected chi connectivity index (χ3v) is 4.36. The molecule has 0 spiro atoms. The summed E-state index contributed by atoms with van der Waals surface area (Å²) in [4.78, 5) is 0. The molecule has 1 nitrogen and oxygen atoms in total. The van der Waals surface area contributed by atoms with Crippen LogP contribution in [0.25, 0.3) is 0 Å². The van der Waals surface area contributed by atoms with Gasteiger partial charge in [0.15, 0.2) is 0 Å². The number of nitriles is 1. The Morgan fingerprint density at radius 3 is 2.36 bits per heavy atom. The van der Waals surface area contributed by atoms with Crippen molar-refractivity contribution in [3.63, 3.8) is 0 Å². The molecule has 0 unspecified atom stereocenters. The van der Waals surface area contributed by atoms with Crippen LogP contribution >= 0.6 is 11.8 Å². The van der Waals surface area contributed by atoms with Gasteiger partial charge in [-0.1, -0.05) is 12.8 Å². The quantitative estimate of drug-likeness (QED) is 0.631. The average molecular weight is 167 g/mol. The standard InChI is InChI=1S/C9H13NS/c10-7-9(5-6-9)11-8-3-1-2-4-8/h8H,1-6H2. The normalized spacial score (nSPS) is 28.3. The van der Waals surface area contributed by atoms with Crippen LogP contribution in [-0.2, 0) is 0 Å². The number of rotatable bonds is 2. The molecule has 0 aromatic carbocycles. The Morgan fingerprint density at radius 1 is 1.27 bits per heavy atom. The Morgan fingerprint density at radius 2 is 1.91 bits per heavy atom. The van der Waals surface area contributed by atoms with E-state index in [4.69, 9.17) is 5.26 Å². The van der Waals surface area contributed by atoms with Crippen molar-refractivity contribution >= 4 is 11.8 Å². The highest BCUT2D eigenvalue weighted by molar-refractivity contribution is 8.01. The van der Waals surface area contributed by atoms with Gasteiger partial charge in [0, 0.05) is 5.25 Å². The summed E-state index contributed by atoms with van der Waals surface area (Å²) in [5, 5.41) is 9.66. The minimum Gasteiger partial charge on any atom is -0.197 e. The summed E-state index contributed by atoms with van der Waals surface area (Å²) in [5.74, 6) is 0. The molecule has 0 radical (unpaired) electrons. The molecule has 2 fully saturated rings. The molecular weight excluding hydrogens is 154 g/mol. The van der Waals surface area contributed by atoms with Crippen molar-refractivity contribution in [2.24, 2.45) is 0 Å². The van der Waals surface area contributed by atoms with Crippen LogP contribution in [0.5, 0.6) is 0 Å². The zero-order chi connectivity index (χ0) is 7.73. The molecule has 0 bridgehead atoms. The van der Waals surface area contributed by atoms with E-state index in [9.17, 15) is 0 Å². The maximum Gasteiger partial charge on any atom is 0.103 e. The van der Waals surface area contributed by atoms with E-state index < -0.39 is 0 Å². The third-order valence-electron chi connectivity index (χ3n) is 2.60. The van der Waals surface area contributed by atoms with E-state index in [0.717, 1.165) is 18.1 Å². The fourth-order valence-electron chi connectivity index (χ4n) is 1.69. The van der Waals surface area contributed by atoms with Crippen LogP contribution in [0.2, 0.25) is 0 Å². The Bertz CT molecular complexity index is 184. The fraction of sp³-hybridized carbons (Fsp3) is 0.889. The zero-order valence-corrected chi connectivity index (χ0v) is 7.49. The minimum absolute atomic E-state index is 0.0784. The summed E-state index contributed by atoms with van der Waals surface area (Å²) in [7, 11) is 0. The molecule has 0 amide bonds. The first-order valence-corrected chi connectivity index (χ1v) is 5.32. The van der Waals surface area contributed by atoms with Gasteiger partial charge in [-0.2, -0.15) is 5.26 Å². The van der Waals surface area contributed by atoms with Gasteiger partial charge < -0.3 is 0 Å². The molecule has 60 valence electrons. The molecule has 2 aliphatic carbocycles. The molecule has 0 aromatic heterocycles. The highest BCUT2D eigenvalue weighted by atomic mass is 32.2. The van der Waals surface area contributed by atoms with Crippen molar-refractivity contribution in [2.75, 3.05) is 0 Å². The lowest BCUT2D eigenvalue weighted by molar-refractivity contribution is 0.886. The highest BCUT2D eigenvalue weighted by Crippen LogP contribution is 2.52. The molecule has 2 aliphatic rings. The summed E-state index contributed by atoms with van der Waals surface area (Å²) in [5.41, 5.74) is 0. The smallest absolute Gasteiger partial charge is 0.103 e. The van der Waals surface area contributed by atoms with Gasteiger partial charge in [0.2, 0.25) is 0 Å². The predicted octanol–water partition coefficient (Wildman–Crippen LogP) is 2.72. The second-order valence-corrected chi connectivity index (χ2v) is 5.31. The highest BCUT2D eigenvalue weighted by Gasteiger charge is 2.45. The van der Waals surface area contributed by atoms with Crippen molar-refractivity contribution in [3.8, 4) is 6.07 Å². The summed E-state index contributed by atoms with van der Waals surface area (Å²) in [6.07, 6.45) is 7.77. The first kappa shape index (κ1) is 7.49. The molecule has 0 heterocycles. The van der Waals surface area contributed by atoms with Crippen LogP contribution < -0.4 is 0 Å². The van der Waals surface area contributed by atoms with E-state index >= 15 is 0 Å². The van der Waals surface area contributed by atoms with Crippen LogP contribution in [0.4, 0.5) is 0 Å². The first-order chi connectivity index (χ1) is 5.35. The number of nitrogens with zero attached hydrogens (tertiary/aromatic N) is 1. The third kappa shape index (κ3) is 1.54. The van der Waals surface area contributed by atoms with E-state index in [2.05, 4.69) is 6.07 Å². The van der Waals surface area contributed by atoms with Gasteiger partial charge in [0.25, 0.3) is 0 Å². The van der Waals surface area contributed by atoms with E-state index in [0.29, 0.717) is 0 Å². The van der Waals surface area contributed by atoms with Crippen LogP contribution in [0, 0.1) is 11.3 Å². The van der Waals surface area contributed by atoms with Crippen molar-refractivity contribution in [1.29, 1.82) is 5.26 Å². The van der Waals surface area contributed by atoms with Gasteiger partial charge in [0.05, 0.1) is 6.07 Å². The lowest BCUT2D eigenvalue weighted by atomic mass is 10.4. The van der Waals surface area contributed by atoms with Crippen molar-refractivity contribution < 1.29 is 0 Å². The summed E-state index contributed by atoms with van der Waals surface area (Å²) in [6.45, 7) is 0. The number of hydrogen-bond acceptors (Lipinski definition) is 2. The number of hydrogen-bond donors (Lipinski definition) is 0. The van der Waals surface area contributed by atoms with Gasteiger partial charge in [-0.05, 0) is 25.7 Å². The van der Waals surface area contributed by atoms with E-state index in [1.165, 1.54) is 25.7 Å². The van der Waals surface area contributed by atoms with Gasteiger partial charge in [0.1, 0.15) is 4.75 Å². The lowest BCUT2D eigenvalue weighted by Crippen LogP contribution is -2.05. The molecule has 0 saturated heterocycles. The minimum atomic E-state index is 0.0784. The fourth-order valence-corrected chi connectivity index (χ4v) is 3.29. The van der Waals surface area contributed by atoms with Gasteiger partial charge >= 0.3 is 0 Å². The molecule has 0 aliphatic heterocycles. The molecule has 0 atom stereocenters. The van der Waals surface area contributed by atoms with Crippen molar-refractivity contribution in [1.82, 2.24) is 0 Å². The predicted molar refractivity (Wildman–Crippen MR) is 47.4 cm³/mol. The van der Waals surface area contributed by atoms with Gasteiger partial charge in [-0.15, -0.1) is 11.8 Å². The van der Waals surface area contributed by atoms with Crippen LogP contribution in [0.3, 0.4) is 0 Å². The molecule has 2 rings (SSSR count). The Balaban J connectivity index is 1.85.